The van der Waals surface area contributed by atoms with Crippen molar-refractivity contribution in [3.8, 4) is 0 Å². The highest BCUT2D eigenvalue weighted by Crippen LogP contribution is 2.11. The van der Waals surface area contributed by atoms with Crippen molar-refractivity contribution in [3.63, 3.8) is 0 Å². The molecule has 112 valence electrons. The zero-order valence-corrected chi connectivity index (χ0v) is 12.5. The van der Waals surface area contributed by atoms with Crippen molar-refractivity contribution in [1.29, 1.82) is 0 Å². The highest BCUT2D eigenvalue weighted by Gasteiger charge is 2.15. The summed E-state index contributed by atoms with van der Waals surface area (Å²) < 4.78 is 10.7. The summed E-state index contributed by atoms with van der Waals surface area (Å²) >= 11 is 0. The predicted octanol–water partition coefficient (Wildman–Crippen LogP) is 1.92. The van der Waals surface area contributed by atoms with Crippen LogP contribution in [0.15, 0.2) is 0 Å². The first-order valence-electron chi connectivity index (χ1n) is 7.23. The Kier molecular flexibility index (Phi) is 7.16. The molecule has 1 unspecified atom stereocenters. The SMILES string of the molecule is CC(C)(C)OC(=O)NCCOCC1CCCCNC1. The minimum atomic E-state index is -0.447. The third-order valence-electron chi connectivity index (χ3n) is 2.92. The molecule has 0 spiro atoms. The molecule has 0 aromatic heterocycles. The Morgan fingerprint density at radius 3 is 2.89 bits per heavy atom. The predicted molar refractivity (Wildman–Crippen MR) is 75.3 cm³/mol. The zero-order chi connectivity index (χ0) is 14.1. The molecule has 0 saturated carbocycles. The molecule has 0 aliphatic carbocycles. The fourth-order valence-corrected chi connectivity index (χ4v) is 2.02. The molecule has 1 aliphatic heterocycles. The molecule has 1 rings (SSSR count). The number of rotatable bonds is 5. The van der Waals surface area contributed by atoms with Crippen LogP contribution in [0.3, 0.4) is 0 Å². The molecular formula is C14H28N2O3. The number of hydrogen-bond donors (Lipinski definition) is 2. The third-order valence-corrected chi connectivity index (χ3v) is 2.92. The molecule has 1 saturated heterocycles. The maximum atomic E-state index is 11.4. The van der Waals surface area contributed by atoms with E-state index < -0.39 is 5.60 Å². The lowest BCUT2D eigenvalue weighted by Crippen LogP contribution is -2.34. The fourth-order valence-electron chi connectivity index (χ4n) is 2.02. The second-order valence-corrected chi connectivity index (χ2v) is 6.07. The van der Waals surface area contributed by atoms with Crippen LogP contribution in [0.5, 0.6) is 0 Å². The summed E-state index contributed by atoms with van der Waals surface area (Å²) in [6.45, 7) is 9.51. The van der Waals surface area contributed by atoms with E-state index in [9.17, 15) is 4.79 Å². The normalized spacial score (nSPS) is 20.7. The number of carbonyl (C=O) groups excluding carboxylic acids is 1. The molecule has 19 heavy (non-hydrogen) atoms. The van der Waals surface area contributed by atoms with Crippen molar-refractivity contribution in [2.45, 2.75) is 45.6 Å². The second-order valence-electron chi connectivity index (χ2n) is 6.07. The van der Waals surface area contributed by atoms with Gasteiger partial charge in [0.15, 0.2) is 0 Å². The molecule has 1 heterocycles. The number of amides is 1. The lowest BCUT2D eigenvalue weighted by atomic mass is 10.1. The van der Waals surface area contributed by atoms with Gasteiger partial charge in [0.25, 0.3) is 0 Å². The molecule has 5 nitrogen and oxygen atoms in total. The van der Waals surface area contributed by atoms with E-state index in [1.54, 1.807) is 0 Å². The van der Waals surface area contributed by atoms with Gasteiger partial charge in [-0.15, -0.1) is 0 Å². The molecule has 1 amide bonds. The Morgan fingerprint density at radius 1 is 1.37 bits per heavy atom. The minimum Gasteiger partial charge on any atom is -0.444 e. The fraction of sp³-hybridized carbons (Fsp3) is 0.929. The monoisotopic (exact) mass is 272 g/mol. The Balaban J connectivity index is 2.00. The van der Waals surface area contributed by atoms with Crippen molar-refractivity contribution < 1.29 is 14.3 Å². The van der Waals surface area contributed by atoms with Gasteiger partial charge in [-0.3, -0.25) is 0 Å². The summed E-state index contributed by atoms with van der Waals surface area (Å²) in [6, 6.07) is 0. The first-order valence-corrected chi connectivity index (χ1v) is 7.23. The van der Waals surface area contributed by atoms with Gasteiger partial charge in [-0.1, -0.05) is 6.42 Å². The zero-order valence-electron chi connectivity index (χ0n) is 12.5. The van der Waals surface area contributed by atoms with Crippen LogP contribution in [-0.4, -0.2) is 44.5 Å². The third kappa shape index (κ3) is 8.83. The van der Waals surface area contributed by atoms with Gasteiger partial charge >= 0.3 is 6.09 Å². The van der Waals surface area contributed by atoms with Gasteiger partial charge < -0.3 is 20.1 Å². The Hall–Kier alpha value is -0.810. The molecule has 0 radical (unpaired) electrons. The van der Waals surface area contributed by atoms with Crippen molar-refractivity contribution in [2.75, 3.05) is 32.8 Å². The molecule has 5 heteroatoms. The summed E-state index contributed by atoms with van der Waals surface area (Å²) in [6.07, 6.45) is 3.38. The highest BCUT2D eigenvalue weighted by atomic mass is 16.6. The lowest BCUT2D eigenvalue weighted by molar-refractivity contribution is 0.0484. The topological polar surface area (TPSA) is 59.6 Å². The summed E-state index contributed by atoms with van der Waals surface area (Å²) in [7, 11) is 0. The van der Waals surface area contributed by atoms with Crippen LogP contribution in [0.25, 0.3) is 0 Å². The van der Waals surface area contributed by atoms with Crippen LogP contribution >= 0.6 is 0 Å². The van der Waals surface area contributed by atoms with Crippen molar-refractivity contribution in [1.82, 2.24) is 10.6 Å². The number of hydrogen-bond acceptors (Lipinski definition) is 4. The maximum absolute atomic E-state index is 11.4. The average molecular weight is 272 g/mol. The van der Waals surface area contributed by atoms with Crippen LogP contribution in [0.1, 0.15) is 40.0 Å². The first kappa shape index (κ1) is 16.2. The largest absolute Gasteiger partial charge is 0.444 e. The van der Waals surface area contributed by atoms with Gasteiger partial charge in [0.2, 0.25) is 0 Å². The van der Waals surface area contributed by atoms with E-state index in [2.05, 4.69) is 10.6 Å². The molecule has 1 aliphatic rings. The smallest absolute Gasteiger partial charge is 0.407 e. The average Bonchev–Trinajstić information content (AvgIpc) is 2.54. The minimum absolute atomic E-state index is 0.382. The van der Waals surface area contributed by atoms with Gasteiger partial charge in [-0.25, -0.2) is 4.79 Å². The molecule has 1 fully saturated rings. The summed E-state index contributed by atoms with van der Waals surface area (Å²) in [5, 5.41) is 6.10. The van der Waals surface area contributed by atoms with Crippen LogP contribution in [-0.2, 0) is 9.47 Å². The van der Waals surface area contributed by atoms with Crippen LogP contribution < -0.4 is 10.6 Å². The van der Waals surface area contributed by atoms with Crippen molar-refractivity contribution in [2.24, 2.45) is 5.92 Å². The Morgan fingerprint density at radius 2 is 2.16 bits per heavy atom. The van der Waals surface area contributed by atoms with Gasteiger partial charge in [0.05, 0.1) is 13.2 Å². The van der Waals surface area contributed by atoms with E-state index in [4.69, 9.17) is 9.47 Å². The Bertz CT molecular complexity index is 256. The maximum Gasteiger partial charge on any atom is 0.407 e. The van der Waals surface area contributed by atoms with Gasteiger partial charge in [0, 0.05) is 13.1 Å². The quantitative estimate of drug-likeness (QED) is 0.751. The Labute approximate surface area is 116 Å². The van der Waals surface area contributed by atoms with Gasteiger partial charge in [-0.2, -0.15) is 0 Å². The van der Waals surface area contributed by atoms with E-state index in [0.29, 0.717) is 19.1 Å². The van der Waals surface area contributed by atoms with Crippen LogP contribution in [0.4, 0.5) is 4.79 Å². The van der Waals surface area contributed by atoms with E-state index in [1.165, 1.54) is 19.3 Å². The summed E-state index contributed by atoms with van der Waals surface area (Å²) in [5.74, 6) is 0.601. The van der Waals surface area contributed by atoms with E-state index in [1.807, 2.05) is 20.8 Å². The van der Waals surface area contributed by atoms with Crippen molar-refractivity contribution in [3.05, 3.63) is 0 Å². The number of carbonyl (C=O) groups is 1. The number of alkyl carbamates (subject to hydrolysis) is 1. The van der Waals surface area contributed by atoms with Crippen LogP contribution in [0, 0.1) is 5.92 Å². The van der Waals surface area contributed by atoms with Gasteiger partial charge in [0.1, 0.15) is 5.60 Å². The first-order chi connectivity index (χ1) is 8.97. The number of nitrogens with one attached hydrogen (secondary N) is 2. The second kappa shape index (κ2) is 8.38. The van der Waals surface area contributed by atoms with E-state index in [0.717, 1.165) is 19.7 Å². The van der Waals surface area contributed by atoms with Gasteiger partial charge in [-0.05, 0) is 46.1 Å². The molecule has 0 aromatic carbocycles. The molecule has 2 N–H and O–H groups in total. The standard InChI is InChI=1S/C14H28N2O3/c1-14(2,3)19-13(17)16-8-9-18-11-12-6-4-5-7-15-10-12/h12,15H,4-11H2,1-3H3,(H,16,17). The molecule has 0 bridgehead atoms. The van der Waals surface area contributed by atoms with E-state index >= 15 is 0 Å². The molecule has 1 atom stereocenters. The van der Waals surface area contributed by atoms with Crippen molar-refractivity contribution >= 4 is 6.09 Å². The van der Waals surface area contributed by atoms with E-state index in [-0.39, 0.29) is 6.09 Å². The lowest BCUT2D eigenvalue weighted by Gasteiger charge is -2.20. The molecular weight excluding hydrogens is 244 g/mol. The summed E-state index contributed by atoms with van der Waals surface area (Å²) in [5.41, 5.74) is -0.447. The molecule has 0 aromatic rings. The highest BCUT2D eigenvalue weighted by molar-refractivity contribution is 5.67. The van der Waals surface area contributed by atoms with Crippen LogP contribution in [0.2, 0.25) is 0 Å². The number of ether oxygens (including phenoxy) is 2. The summed E-state index contributed by atoms with van der Waals surface area (Å²) in [4.78, 5) is 11.4.